The molecule has 0 unspecified atom stereocenters. The molecule has 1 aromatic rings. The van der Waals surface area contributed by atoms with Gasteiger partial charge in [0.05, 0.1) is 0 Å². The number of nitrogens with zero attached hydrogens (tertiary/aromatic N) is 2. The lowest BCUT2D eigenvalue weighted by Gasteiger charge is -2.16. The second-order valence-electron chi connectivity index (χ2n) is 3.59. The molecule has 0 aromatic carbocycles. The van der Waals surface area contributed by atoms with Crippen LogP contribution in [0.1, 0.15) is 18.5 Å². The Morgan fingerprint density at radius 2 is 2.00 bits per heavy atom. The van der Waals surface area contributed by atoms with E-state index < -0.39 is 0 Å². The zero-order valence-corrected chi connectivity index (χ0v) is 7.95. The zero-order valence-electron chi connectivity index (χ0n) is 7.95. The van der Waals surface area contributed by atoms with Gasteiger partial charge in [0.15, 0.2) is 0 Å². The molecule has 3 heteroatoms. The van der Waals surface area contributed by atoms with Crippen LogP contribution in [0.15, 0.2) is 12.1 Å². The molecule has 0 radical (unpaired) electrons. The Hall–Kier alpha value is -1.25. The van der Waals surface area contributed by atoms with Gasteiger partial charge in [-0.05, 0) is 25.8 Å². The van der Waals surface area contributed by atoms with Crippen molar-refractivity contribution in [1.29, 1.82) is 0 Å². The molecule has 0 atom stereocenters. The highest BCUT2D eigenvalue weighted by atomic mass is 15.2. The van der Waals surface area contributed by atoms with Gasteiger partial charge in [-0.1, -0.05) is 0 Å². The second kappa shape index (κ2) is 3.24. The number of pyridine rings is 1. The van der Waals surface area contributed by atoms with Crippen LogP contribution in [0.5, 0.6) is 0 Å². The summed E-state index contributed by atoms with van der Waals surface area (Å²) >= 11 is 0. The van der Waals surface area contributed by atoms with E-state index in [1.54, 1.807) is 0 Å². The average molecular weight is 177 g/mol. The Morgan fingerprint density at radius 1 is 1.31 bits per heavy atom. The van der Waals surface area contributed by atoms with Gasteiger partial charge in [0.2, 0.25) is 0 Å². The molecule has 1 fully saturated rings. The van der Waals surface area contributed by atoms with E-state index in [1.165, 1.54) is 12.8 Å². The monoisotopic (exact) mass is 177 g/mol. The first kappa shape index (κ1) is 8.35. The van der Waals surface area contributed by atoms with Crippen LogP contribution in [0.4, 0.5) is 11.5 Å². The predicted octanol–water partition coefficient (Wildman–Crippen LogP) is 1.57. The van der Waals surface area contributed by atoms with Crippen LogP contribution >= 0.6 is 0 Å². The molecule has 0 amide bonds. The summed E-state index contributed by atoms with van der Waals surface area (Å²) in [4.78, 5) is 6.76. The third-order valence-electron chi connectivity index (χ3n) is 2.39. The van der Waals surface area contributed by atoms with Crippen LogP contribution < -0.4 is 10.6 Å². The Balaban J connectivity index is 2.28. The van der Waals surface area contributed by atoms with Gasteiger partial charge in [-0.15, -0.1) is 0 Å². The first-order valence-electron chi connectivity index (χ1n) is 4.75. The summed E-state index contributed by atoms with van der Waals surface area (Å²) in [5.74, 6) is 1.04. The van der Waals surface area contributed by atoms with Crippen LogP contribution in [-0.4, -0.2) is 18.1 Å². The van der Waals surface area contributed by atoms with Gasteiger partial charge in [0.25, 0.3) is 0 Å². The lowest BCUT2D eigenvalue weighted by molar-refractivity contribution is 0.930. The number of hydrogen-bond acceptors (Lipinski definition) is 3. The SMILES string of the molecule is Cc1cc(N)cc(N2CCCC2)n1. The number of anilines is 2. The molecule has 0 bridgehead atoms. The van der Waals surface area contributed by atoms with Gasteiger partial charge >= 0.3 is 0 Å². The number of nitrogen functional groups attached to an aromatic ring is 1. The maximum absolute atomic E-state index is 5.76. The minimum Gasteiger partial charge on any atom is -0.399 e. The smallest absolute Gasteiger partial charge is 0.130 e. The molecule has 0 saturated carbocycles. The number of aryl methyl sites for hydroxylation is 1. The van der Waals surface area contributed by atoms with Crippen LogP contribution in [0.3, 0.4) is 0 Å². The van der Waals surface area contributed by atoms with E-state index in [0.29, 0.717) is 0 Å². The van der Waals surface area contributed by atoms with Crippen molar-refractivity contribution in [2.45, 2.75) is 19.8 Å². The molecular formula is C10H15N3. The number of aromatic nitrogens is 1. The molecule has 70 valence electrons. The van der Waals surface area contributed by atoms with E-state index in [2.05, 4.69) is 9.88 Å². The number of nitrogens with two attached hydrogens (primary N) is 1. The molecule has 1 saturated heterocycles. The van der Waals surface area contributed by atoms with Crippen LogP contribution in [0.25, 0.3) is 0 Å². The van der Waals surface area contributed by atoms with Crippen LogP contribution in [0, 0.1) is 6.92 Å². The molecule has 2 rings (SSSR count). The molecular weight excluding hydrogens is 162 g/mol. The van der Waals surface area contributed by atoms with Crippen molar-refractivity contribution >= 4 is 11.5 Å². The average Bonchev–Trinajstić information content (AvgIpc) is 2.53. The molecule has 13 heavy (non-hydrogen) atoms. The summed E-state index contributed by atoms with van der Waals surface area (Å²) in [7, 11) is 0. The van der Waals surface area contributed by atoms with Gasteiger partial charge in [-0.3, -0.25) is 0 Å². The van der Waals surface area contributed by atoms with E-state index in [0.717, 1.165) is 30.3 Å². The van der Waals surface area contributed by atoms with Crippen molar-refractivity contribution in [3.05, 3.63) is 17.8 Å². The predicted molar refractivity (Wildman–Crippen MR) is 54.8 cm³/mol. The van der Waals surface area contributed by atoms with Gasteiger partial charge in [-0.25, -0.2) is 4.98 Å². The summed E-state index contributed by atoms with van der Waals surface area (Å²) in [6, 6.07) is 3.86. The van der Waals surface area contributed by atoms with Crippen molar-refractivity contribution in [3.63, 3.8) is 0 Å². The topological polar surface area (TPSA) is 42.1 Å². The maximum atomic E-state index is 5.76. The molecule has 0 spiro atoms. The Kier molecular flexibility index (Phi) is 2.08. The highest BCUT2D eigenvalue weighted by Gasteiger charge is 2.13. The molecule has 1 aromatic heterocycles. The van der Waals surface area contributed by atoms with E-state index >= 15 is 0 Å². The van der Waals surface area contributed by atoms with Gasteiger partial charge in [0, 0.05) is 30.5 Å². The maximum Gasteiger partial charge on any atom is 0.130 e. The van der Waals surface area contributed by atoms with Crippen molar-refractivity contribution in [2.24, 2.45) is 0 Å². The quantitative estimate of drug-likeness (QED) is 0.708. The molecule has 0 aliphatic carbocycles. The molecule has 3 nitrogen and oxygen atoms in total. The van der Waals surface area contributed by atoms with Gasteiger partial charge in [0.1, 0.15) is 5.82 Å². The first-order valence-corrected chi connectivity index (χ1v) is 4.75. The van der Waals surface area contributed by atoms with Gasteiger partial charge < -0.3 is 10.6 Å². The van der Waals surface area contributed by atoms with E-state index in [4.69, 9.17) is 5.73 Å². The minimum atomic E-state index is 0.814. The van der Waals surface area contributed by atoms with E-state index in [9.17, 15) is 0 Å². The second-order valence-corrected chi connectivity index (χ2v) is 3.59. The zero-order chi connectivity index (χ0) is 9.26. The summed E-state index contributed by atoms with van der Waals surface area (Å²) in [6.45, 7) is 4.22. The fourth-order valence-corrected chi connectivity index (χ4v) is 1.79. The third kappa shape index (κ3) is 1.74. The van der Waals surface area contributed by atoms with E-state index in [1.807, 2.05) is 19.1 Å². The molecule has 1 aliphatic heterocycles. The van der Waals surface area contributed by atoms with Crippen molar-refractivity contribution < 1.29 is 0 Å². The normalized spacial score (nSPS) is 16.5. The largest absolute Gasteiger partial charge is 0.399 e. The van der Waals surface area contributed by atoms with E-state index in [-0.39, 0.29) is 0 Å². The summed E-state index contributed by atoms with van der Waals surface area (Å²) in [6.07, 6.45) is 2.55. The fraction of sp³-hybridized carbons (Fsp3) is 0.500. The Bertz CT molecular complexity index is 283. The lowest BCUT2D eigenvalue weighted by atomic mass is 10.3. The first-order chi connectivity index (χ1) is 6.25. The fourth-order valence-electron chi connectivity index (χ4n) is 1.79. The standard InChI is InChI=1S/C10H15N3/c1-8-6-9(11)7-10(12-8)13-4-2-3-5-13/h6-7H,2-5H2,1H3,(H2,11,12). The van der Waals surface area contributed by atoms with Crippen LogP contribution in [0.2, 0.25) is 0 Å². The lowest BCUT2D eigenvalue weighted by Crippen LogP contribution is -2.19. The third-order valence-corrected chi connectivity index (χ3v) is 2.39. The van der Waals surface area contributed by atoms with Crippen molar-refractivity contribution in [2.75, 3.05) is 23.7 Å². The van der Waals surface area contributed by atoms with Crippen LogP contribution in [-0.2, 0) is 0 Å². The summed E-state index contributed by atoms with van der Waals surface area (Å²) in [5.41, 5.74) is 7.58. The number of rotatable bonds is 1. The molecule has 1 aliphatic rings. The number of hydrogen-bond donors (Lipinski definition) is 1. The Labute approximate surface area is 78.6 Å². The summed E-state index contributed by atoms with van der Waals surface area (Å²) < 4.78 is 0. The highest BCUT2D eigenvalue weighted by Crippen LogP contribution is 2.20. The van der Waals surface area contributed by atoms with Crippen molar-refractivity contribution in [1.82, 2.24) is 4.98 Å². The van der Waals surface area contributed by atoms with Crippen molar-refractivity contribution in [3.8, 4) is 0 Å². The Morgan fingerprint density at radius 3 is 2.62 bits per heavy atom. The minimum absolute atomic E-state index is 0.814. The van der Waals surface area contributed by atoms with Gasteiger partial charge in [-0.2, -0.15) is 0 Å². The molecule has 2 N–H and O–H groups in total. The molecule has 2 heterocycles. The summed E-state index contributed by atoms with van der Waals surface area (Å²) in [5, 5.41) is 0. The highest BCUT2D eigenvalue weighted by molar-refractivity contribution is 5.52.